The molecule has 0 amide bonds. The summed E-state index contributed by atoms with van der Waals surface area (Å²) in [6.45, 7) is 1.79. The van der Waals surface area contributed by atoms with E-state index in [1.807, 2.05) is 0 Å². The number of halogens is 4. The molecule has 0 aliphatic carbocycles. The molecule has 1 aromatic heterocycles. The van der Waals surface area contributed by atoms with Gasteiger partial charge >= 0.3 is 6.18 Å². The summed E-state index contributed by atoms with van der Waals surface area (Å²) in [5, 5.41) is 3.00. The van der Waals surface area contributed by atoms with Gasteiger partial charge in [0.25, 0.3) is 0 Å². The molecule has 1 heterocycles. The molecule has 0 unspecified atom stereocenters. The first-order valence-corrected chi connectivity index (χ1v) is 5.79. The Kier molecular flexibility index (Phi) is 3.45. The van der Waals surface area contributed by atoms with E-state index in [1.54, 1.807) is 24.7 Å². The Labute approximate surface area is 113 Å². The lowest BCUT2D eigenvalue weighted by Crippen LogP contribution is -2.06. The van der Waals surface area contributed by atoms with Crippen molar-refractivity contribution >= 4 is 23.2 Å². The Morgan fingerprint density at radius 1 is 1.32 bits per heavy atom. The van der Waals surface area contributed by atoms with Gasteiger partial charge in [0.2, 0.25) is 5.95 Å². The molecule has 1 aromatic carbocycles. The van der Waals surface area contributed by atoms with E-state index in [0.29, 0.717) is 5.95 Å². The van der Waals surface area contributed by atoms with Crippen LogP contribution in [0.15, 0.2) is 24.4 Å². The van der Waals surface area contributed by atoms with E-state index in [1.165, 1.54) is 6.07 Å². The number of benzene rings is 1. The van der Waals surface area contributed by atoms with Crippen molar-refractivity contribution in [1.29, 1.82) is 0 Å². The largest absolute Gasteiger partial charge is 0.416 e. The zero-order chi connectivity index (χ0) is 14.2. The van der Waals surface area contributed by atoms with Crippen molar-refractivity contribution in [2.24, 2.45) is 7.05 Å². The van der Waals surface area contributed by atoms with Gasteiger partial charge in [-0.3, -0.25) is 0 Å². The lowest BCUT2D eigenvalue weighted by atomic mass is 10.2. The number of aromatic nitrogens is 2. The van der Waals surface area contributed by atoms with Crippen LogP contribution in [0.2, 0.25) is 5.02 Å². The Bertz CT molecular complexity index is 605. The summed E-state index contributed by atoms with van der Waals surface area (Å²) in [5.41, 5.74) is 0.170. The molecular weight excluding hydrogens is 279 g/mol. The number of aryl methyl sites for hydroxylation is 2. The van der Waals surface area contributed by atoms with Crippen LogP contribution < -0.4 is 5.32 Å². The summed E-state index contributed by atoms with van der Waals surface area (Å²) in [6, 6.07) is 3.12. The molecule has 0 fully saturated rings. The number of nitrogens with zero attached hydrogens (tertiary/aromatic N) is 2. The van der Waals surface area contributed by atoms with E-state index in [-0.39, 0.29) is 10.7 Å². The molecular formula is C12H11ClF3N3. The number of rotatable bonds is 2. The van der Waals surface area contributed by atoms with Gasteiger partial charge in [-0.1, -0.05) is 11.6 Å². The molecule has 0 saturated carbocycles. The smallest absolute Gasteiger partial charge is 0.324 e. The number of alkyl halides is 3. The zero-order valence-electron chi connectivity index (χ0n) is 10.2. The number of imidazole rings is 1. The fourth-order valence-corrected chi connectivity index (χ4v) is 1.81. The summed E-state index contributed by atoms with van der Waals surface area (Å²) >= 11 is 5.89. The summed E-state index contributed by atoms with van der Waals surface area (Å²) in [7, 11) is 1.74. The monoisotopic (exact) mass is 289 g/mol. The molecule has 0 aliphatic rings. The van der Waals surface area contributed by atoms with E-state index in [0.717, 1.165) is 17.8 Å². The van der Waals surface area contributed by atoms with Crippen molar-refractivity contribution in [2.75, 3.05) is 5.32 Å². The van der Waals surface area contributed by atoms with Crippen molar-refractivity contribution in [3.63, 3.8) is 0 Å². The van der Waals surface area contributed by atoms with Crippen LogP contribution in [0.3, 0.4) is 0 Å². The molecule has 0 atom stereocenters. The van der Waals surface area contributed by atoms with Crippen molar-refractivity contribution in [3.8, 4) is 0 Å². The van der Waals surface area contributed by atoms with Gasteiger partial charge in [0.05, 0.1) is 22.0 Å². The second kappa shape index (κ2) is 4.77. The van der Waals surface area contributed by atoms with Gasteiger partial charge in [-0.15, -0.1) is 0 Å². The predicted molar refractivity (Wildman–Crippen MR) is 67.7 cm³/mol. The Morgan fingerprint density at radius 3 is 2.53 bits per heavy atom. The third-order valence-corrected chi connectivity index (χ3v) is 2.87. The normalized spacial score (nSPS) is 11.7. The average Bonchev–Trinajstić information content (AvgIpc) is 2.59. The molecule has 0 aliphatic heterocycles. The van der Waals surface area contributed by atoms with Gasteiger partial charge in [-0.05, 0) is 25.1 Å². The molecule has 2 aromatic rings. The van der Waals surface area contributed by atoms with Crippen LogP contribution in [-0.2, 0) is 13.2 Å². The second-order valence-electron chi connectivity index (χ2n) is 4.13. The maximum absolute atomic E-state index is 12.6. The van der Waals surface area contributed by atoms with Gasteiger partial charge < -0.3 is 9.88 Å². The molecule has 102 valence electrons. The molecule has 7 heteroatoms. The van der Waals surface area contributed by atoms with E-state index in [9.17, 15) is 13.2 Å². The molecule has 3 nitrogen and oxygen atoms in total. The topological polar surface area (TPSA) is 29.9 Å². The highest BCUT2D eigenvalue weighted by atomic mass is 35.5. The highest BCUT2D eigenvalue weighted by Crippen LogP contribution is 2.34. The van der Waals surface area contributed by atoms with Crippen LogP contribution in [0.4, 0.5) is 24.8 Å². The highest BCUT2D eigenvalue weighted by molar-refractivity contribution is 6.33. The predicted octanol–water partition coefficient (Wildman–Crippen LogP) is 4.14. The van der Waals surface area contributed by atoms with Gasteiger partial charge in [0.15, 0.2) is 0 Å². The van der Waals surface area contributed by atoms with Crippen LogP contribution in [0.1, 0.15) is 11.3 Å². The first-order chi connectivity index (χ1) is 8.77. The van der Waals surface area contributed by atoms with Crippen LogP contribution in [0.5, 0.6) is 0 Å². The molecule has 19 heavy (non-hydrogen) atoms. The SMILES string of the molecule is Cc1cn(C)c(Nc2cc(C(F)(F)F)ccc2Cl)n1. The van der Waals surface area contributed by atoms with Gasteiger partial charge in [-0.2, -0.15) is 13.2 Å². The minimum absolute atomic E-state index is 0.171. The quantitative estimate of drug-likeness (QED) is 0.900. The molecule has 0 spiro atoms. The molecule has 0 radical (unpaired) electrons. The highest BCUT2D eigenvalue weighted by Gasteiger charge is 2.31. The maximum atomic E-state index is 12.6. The van der Waals surface area contributed by atoms with Crippen LogP contribution in [0.25, 0.3) is 0 Å². The second-order valence-corrected chi connectivity index (χ2v) is 4.54. The number of anilines is 2. The molecule has 2 rings (SSSR count). The minimum atomic E-state index is -4.40. The molecule has 1 N–H and O–H groups in total. The van der Waals surface area contributed by atoms with Gasteiger partial charge in [0.1, 0.15) is 0 Å². The van der Waals surface area contributed by atoms with E-state index in [4.69, 9.17) is 11.6 Å². The Morgan fingerprint density at radius 2 is 2.00 bits per heavy atom. The van der Waals surface area contributed by atoms with Crippen molar-refractivity contribution < 1.29 is 13.2 Å². The summed E-state index contributed by atoms with van der Waals surface area (Å²) in [6.07, 6.45) is -2.65. The Balaban J connectivity index is 2.37. The van der Waals surface area contributed by atoms with E-state index < -0.39 is 11.7 Å². The minimum Gasteiger partial charge on any atom is -0.324 e. The lowest BCUT2D eigenvalue weighted by Gasteiger charge is -2.12. The maximum Gasteiger partial charge on any atom is 0.416 e. The first kappa shape index (κ1) is 13.7. The standard InChI is InChI=1S/C12H11ClF3N3/c1-7-6-19(2)11(17-7)18-10-5-8(12(14,15)16)3-4-9(10)13/h3-6H,1-2H3,(H,17,18). The number of nitrogens with one attached hydrogen (secondary N) is 1. The summed E-state index contributed by atoms with van der Waals surface area (Å²) in [5.74, 6) is 0.429. The third kappa shape index (κ3) is 3.01. The van der Waals surface area contributed by atoms with Crippen molar-refractivity contribution in [1.82, 2.24) is 9.55 Å². The molecule has 0 bridgehead atoms. The lowest BCUT2D eigenvalue weighted by molar-refractivity contribution is -0.137. The number of hydrogen-bond acceptors (Lipinski definition) is 2. The van der Waals surface area contributed by atoms with Crippen LogP contribution in [0, 0.1) is 6.92 Å². The van der Waals surface area contributed by atoms with Gasteiger partial charge in [-0.25, -0.2) is 4.98 Å². The van der Waals surface area contributed by atoms with Crippen molar-refractivity contribution in [3.05, 3.63) is 40.7 Å². The fraction of sp³-hybridized carbons (Fsp3) is 0.250. The van der Waals surface area contributed by atoms with Crippen LogP contribution in [-0.4, -0.2) is 9.55 Å². The van der Waals surface area contributed by atoms with Gasteiger partial charge in [0, 0.05) is 13.2 Å². The summed E-state index contributed by atoms with van der Waals surface area (Å²) < 4.78 is 39.6. The van der Waals surface area contributed by atoms with E-state index in [2.05, 4.69) is 10.3 Å². The molecule has 0 saturated heterocycles. The zero-order valence-corrected chi connectivity index (χ0v) is 11.0. The first-order valence-electron chi connectivity index (χ1n) is 5.41. The fourth-order valence-electron chi connectivity index (χ4n) is 1.65. The Hall–Kier alpha value is -1.69. The van der Waals surface area contributed by atoms with E-state index >= 15 is 0 Å². The van der Waals surface area contributed by atoms with Crippen LogP contribution >= 0.6 is 11.6 Å². The third-order valence-electron chi connectivity index (χ3n) is 2.54. The number of hydrogen-bond donors (Lipinski definition) is 1. The average molecular weight is 290 g/mol. The summed E-state index contributed by atoms with van der Waals surface area (Å²) in [4.78, 5) is 4.15. The van der Waals surface area contributed by atoms with Crippen molar-refractivity contribution in [2.45, 2.75) is 13.1 Å².